The zero-order valence-electron chi connectivity index (χ0n) is 12.7. The molecular formula is C14H23N3O3S. The van der Waals surface area contributed by atoms with Crippen molar-refractivity contribution in [1.82, 2.24) is 9.21 Å². The van der Waals surface area contributed by atoms with Crippen LogP contribution in [0, 0.1) is 6.92 Å². The number of nitrogen functional groups attached to an aromatic ring is 1. The van der Waals surface area contributed by atoms with E-state index in [2.05, 4.69) is 0 Å². The van der Waals surface area contributed by atoms with E-state index in [0.717, 1.165) is 5.56 Å². The Kier molecular flexibility index (Phi) is 4.57. The number of rotatable bonds is 4. The predicted molar refractivity (Wildman–Crippen MR) is 82.4 cm³/mol. The minimum atomic E-state index is -3.69. The number of aliphatic hydroxyl groups is 1. The van der Waals surface area contributed by atoms with Gasteiger partial charge in [0, 0.05) is 19.1 Å². The van der Waals surface area contributed by atoms with Gasteiger partial charge < -0.3 is 15.7 Å². The Morgan fingerprint density at radius 2 is 2.10 bits per heavy atom. The number of hydrogen-bond donors (Lipinski definition) is 2. The summed E-state index contributed by atoms with van der Waals surface area (Å²) in [5.74, 6) is 0. The maximum Gasteiger partial charge on any atom is 0.245 e. The van der Waals surface area contributed by atoms with Crippen LogP contribution in [-0.4, -0.2) is 62.1 Å². The van der Waals surface area contributed by atoms with E-state index < -0.39 is 16.1 Å². The standard InChI is InChI=1S/C14H23N3O3S/c1-10-4-5-14(13(15)6-10)21(19,20)17-9-12(18)7-11(17)8-16(2)3/h4-6,11-12,18H,7-9,15H2,1-3H3. The zero-order valence-corrected chi connectivity index (χ0v) is 13.5. The van der Waals surface area contributed by atoms with Gasteiger partial charge in [-0.1, -0.05) is 6.07 Å². The molecule has 118 valence electrons. The van der Waals surface area contributed by atoms with E-state index in [1.165, 1.54) is 10.4 Å². The third-order valence-corrected chi connectivity index (χ3v) is 5.66. The molecule has 1 aromatic carbocycles. The molecule has 2 atom stereocenters. The van der Waals surface area contributed by atoms with Gasteiger partial charge in [-0.3, -0.25) is 0 Å². The number of benzene rings is 1. The maximum atomic E-state index is 12.8. The fraction of sp³-hybridized carbons (Fsp3) is 0.571. The quantitative estimate of drug-likeness (QED) is 0.779. The predicted octanol–water partition coefficient (Wildman–Crippen LogP) is 0.263. The van der Waals surface area contributed by atoms with Crippen LogP contribution in [0.5, 0.6) is 0 Å². The van der Waals surface area contributed by atoms with Crippen LogP contribution in [0.2, 0.25) is 0 Å². The number of anilines is 1. The molecule has 0 radical (unpaired) electrons. The van der Waals surface area contributed by atoms with Gasteiger partial charge in [-0.25, -0.2) is 8.42 Å². The van der Waals surface area contributed by atoms with Gasteiger partial charge in [0.1, 0.15) is 4.90 Å². The molecule has 0 aromatic heterocycles. The van der Waals surface area contributed by atoms with Gasteiger partial charge >= 0.3 is 0 Å². The average Bonchev–Trinajstić information content (AvgIpc) is 2.69. The summed E-state index contributed by atoms with van der Waals surface area (Å²) in [6.07, 6.45) is -0.181. The first-order valence-corrected chi connectivity index (χ1v) is 8.36. The summed E-state index contributed by atoms with van der Waals surface area (Å²) in [6.45, 7) is 2.55. The summed E-state index contributed by atoms with van der Waals surface area (Å²) in [4.78, 5) is 2.04. The Morgan fingerprint density at radius 3 is 2.67 bits per heavy atom. The molecule has 3 N–H and O–H groups in total. The van der Waals surface area contributed by atoms with Crippen LogP contribution in [0.25, 0.3) is 0 Å². The van der Waals surface area contributed by atoms with Crippen LogP contribution >= 0.6 is 0 Å². The lowest BCUT2D eigenvalue weighted by Crippen LogP contribution is -2.41. The van der Waals surface area contributed by atoms with Gasteiger partial charge in [0.2, 0.25) is 10.0 Å². The van der Waals surface area contributed by atoms with Crippen molar-refractivity contribution in [2.75, 3.05) is 32.9 Å². The van der Waals surface area contributed by atoms with E-state index in [-0.39, 0.29) is 23.2 Å². The minimum absolute atomic E-state index is 0.117. The fourth-order valence-electron chi connectivity index (χ4n) is 2.77. The van der Waals surface area contributed by atoms with Gasteiger partial charge in [0.15, 0.2) is 0 Å². The molecule has 1 aliphatic rings. The molecule has 6 nitrogen and oxygen atoms in total. The SMILES string of the molecule is Cc1ccc(S(=O)(=O)N2CC(O)CC2CN(C)C)c(N)c1. The van der Waals surface area contributed by atoms with Crippen LogP contribution in [0.1, 0.15) is 12.0 Å². The van der Waals surface area contributed by atoms with Crippen molar-refractivity contribution < 1.29 is 13.5 Å². The number of sulfonamides is 1. The molecule has 1 aliphatic heterocycles. The monoisotopic (exact) mass is 313 g/mol. The number of nitrogens with zero attached hydrogens (tertiary/aromatic N) is 2. The molecule has 0 spiro atoms. The molecule has 1 fully saturated rings. The average molecular weight is 313 g/mol. The van der Waals surface area contributed by atoms with Crippen molar-refractivity contribution in [3.05, 3.63) is 23.8 Å². The lowest BCUT2D eigenvalue weighted by molar-refractivity contribution is 0.188. The second-order valence-electron chi connectivity index (χ2n) is 5.92. The van der Waals surface area contributed by atoms with Crippen molar-refractivity contribution in [3.8, 4) is 0 Å². The van der Waals surface area contributed by atoms with Crippen LogP contribution in [0.3, 0.4) is 0 Å². The molecule has 0 saturated carbocycles. The summed E-state index contributed by atoms with van der Waals surface area (Å²) in [5, 5.41) is 9.85. The normalized spacial score (nSPS) is 23.9. The third-order valence-electron chi connectivity index (χ3n) is 3.67. The zero-order chi connectivity index (χ0) is 15.8. The van der Waals surface area contributed by atoms with E-state index in [4.69, 9.17) is 5.73 Å². The van der Waals surface area contributed by atoms with Gasteiger partial charge in [-0.15, -0.1) is 0 Å². The first-order chi connectivity index (χ1) is 9.71. The van der Waals surface area contributed by atoms with Crippen molar-refractivity contribution in [2.24, 2.45) is 0 Å². The number of aryl methyl sites for hydroxylation is 1. The number of β-amino-alcohol motifs (C(OH)–C–C–N with tert-alkyl or cyclic N) is 1. The Labute approximate surface area is 126 Å². The Bertz CT molecular complexity index is 616. The minimum Gasteiger partial charge on any atom is -0.398 e. The Hall–Kier alpha value is -1.15. The summed E-state index contributed by atoms with van der Waals surface area (Å²) >= 11 is 0. The highest BCUT2D eigenvalue weighted by Gasteiger charge is 2.40. The highest BCUT2D eigenvalue weighted by Crippen LogP contribution is 2.30. The van der Waals surface area contributed by atoms with E-state index in [9.17, 15) is 13.5 Å². The third kappa shape index (κ3) is 3.37. The van der Waals surface area contributed by atoms with E-state index in [1.54, 1.807) is 12.1 Å². The molecule has 1 saturated heterocycles. The van der Waals surface area contributed by atoms with E-state index in [1.807, 2.05) is 25.9 Å². The summed E-state index contributed by atoms with van der Waals surface area (Å²) < 4.78 is 27.0. The molecule has 2 rings (SSSR count). The topological polar surface area (TPSA) is 86.9 Å². The number of likely N-dealkylation sites (N-methyl/N-ethyl adjacent to an activating group) is 1. The fourth-order valence-corrected chi connectivity index (χ4v) is 4.54. The summed E-state index contributed by atoms with van der Waals surface area (Å²) in [7, 11) is 0.0771. The van der Waals surface area contributed by atoms with E-state index >= 15 is 0 Å². The summed E-state index contributed by atoms with van der Waals surface area (Å²) in [5.41, 5.74) is 7.04. The Morgan fingerprint density at radius 1 is 1.43 bits per heavy atom. The second kappa shape index (κ2) is 5.92. The number of nitrogens with two attached hydrogens (primary N) is 1. The molecule has 21 heavy (non-hydrogen) atoms. The second-order valence-corrected chi connectivity index (χ2v) is 7.78. The molecule has 0 bridgehead atoms. The molecule has 0 amide bonds. The molecule has 1 heterocycles. The number of hydrogen-bond acceptors (Lipinski definition) is 5. The van der Waals surface area contributed by atoms with Crippen molar-refractivity contribution in [1.29, 1.82) is 0 Å². The van der Waals surface area contributed by atoms with Crippen LogP contribution in [0.15, 0.2) is 23.1 Å². The molecule has 0 aliphatic carbocycles. The van der Waals surface area contributed by atoms with E-state index in [0.29, 0.717) is 13.0 Å². The lowest BCUT2D eigenvalue weighted by Gasteiger charge is -2.26. The van der Waals surface area contributed by atoms with Crippen LogP contribution < -0.4 is 5.73 Å². The van der Waals surface area contributed by atoms with Crippen molar-refractivity contribution in [2.45, 2.75) is 30.4 Å². The van der Waals surface area contributed by atoms with Crippen molar-refractivity contribution in [3.63, 3.8) is 0 Å². The lowest BCUT2D eigenvalue weighted by atomic mass is 10.2. The summed E-state index contributed by atoms with van der Waals surface area (Å²) in [6, 6.07) is 4.69. The Balaban J connectivity index is 2.37. The van der Waals surface area contributed by atoms with Gasteiger partial charge in [0.05, 0.1) is 11.8 Å². The molecule has 7 heteroatoms. The van der Waals surface area contributed by atoms with Gasteiger partial charge in [-0.2, -0.15) is 4.31 Å². The largest absolute Gasteiger partial charge is 0.398 e. The maximum absolute atomic E-state index is 12.8. The molecule has 2 unspecified atom stereocenters. The molecule has 1 aromatic rings. The highest BCUT2D eigenvalue weighted by molar-refractivity contribution is 7.89. The van der Waals surface area contributed by atoms with Gasteiger partial charge in [0.25, 0.3) is 0 Å². The molecular weight excluding hydrogens is 290 g/mol. The number of aliphatic hydroxyl groups excluding tert-OH is 1. The first kappa shape index (κ1) is 16.2. The van der Waals surface area contributed by atoms with Crippen LogP contribution in [-0.2, 0) is 10.0 Å². The first-order valence-electron chi connectivity index (χ1n) is 6.92. The van der Waals surface area contributed by atoms with Crippen molar-refractivity contribution >= 4 is 15.7 Å². The van der Waals surface area contributed by atoms with Crippen LogP contribution in [0.4, 0.5) is 5.69 Å². The smallest absolute Gasteiger partial charge is 0.245 e. The highest BCUT2D eigenvalue weighted by atomic mass is 32.2. The van der Waals surface area contributed by atoms with Gasteiger partial charge in [-0.05, 0) is 45.1 Å².